The molecule has 0 fully saturated rings. The Balaban J connectivity index is 1.78. The summed E-state index contributed by atoms with van der Waals surface area (Å²) in [5.41, 5.74) is 7.23. The molecule has 1 aromatic heterocycles. The van der Waals surface area contributed by atoms with E-state index in [2.05, 4.69) is 20.7 Å². The second-order valence-corrected chi connectivity index (χ2v) is 5.44. The fourth-order valence-corrected chi connectivity index (χ4v) is 2.43. The Morgan fingerprint density at radius 2 is 1.67 bits per heavy atom. The minimum Gasteiger partial charge on any atom is -0.272 e. The molecule has 0 atom stereocenters. The fraction of sp³-hybridized carbons (Fsp3) is 0.105. The van der Waals surface area contributed by atoms with Crippen molar-refractivity contribution in [2.75, 3.05) is 0 Å². The van der Waals surface area contributed by atoms with Crippen molar-refractivity contribution < 1.29 is 4.79 Å². The predicted octanol–water partition coefficient (Wildman–Crippen LogP) is 3.54. The van der Waals surface area contributed by atoms with Crippen LogP contribution in [0, 0.1) is 6.92 Å². The van der Waals surface area contributed by atoms with Gasteiger partial charge >= 0.3 is 0 Å². The largest absolute Gasteiger partial charge is 0.289 e. The number of carbonyl (C=O) groups excluding carboxylic acids is 1. The highest BCUT2D eigenvalue weighted by molar-refractivity contribution is 6.01. The van der Waals surface area contributed by atoms with Gasteiger partial charge in [0.15, 0.2) is 0 Å². The number of hydrogen-bond acceptors (Lipinski definition) is 3. The van der Waals surface area contributed by atoms with Crippen LogP contribution in [0.1, 0.15) is 28.5 Å². The second kappa shape index (κ2) is 6.91. The molecule has 5 nitrogen and oxygen atoms in total. The van der Waals surface area contributed by atoms with Crippen molar-refractivity contribution in [3.05, 3.63) is 77.5 Å². The average molecular weight is 318 g/mol. The number of hydrazone groups is 1. The Kier molecular flexibility index (Phi) is 4.52. The first kappa shape index (κ1) is 15.7. The monoisotopic (exact) mass is 318 g/mol. The van der Waals surface area contributed by atoms with Crippen molar-refractivity contribution in [2.45, 2.75) is 13.8 Å². The zero-order chi connectivity index (χ0) is 16.9. The summed E-state index contributed by atoms with van der Waals surface area (Å²) in [4.78, 5) is 12.4. The summed E-state index contributed by atoms with van der Waals surface area (Å²) < 4.78 is 0. The first-order valence-electron chi connectivity index (χ1n) is 7.67. The number of nitrogens with zero attached hydrogens (tertiary/aromatic N) is 2. The van der Waals surface area contributed by atoms with Crippen molar-refractivity contribution in [2.24, 2.45) is 5.10 Å². The van der Waals surface area contributed by atoms with Crippen LogP contribution in [0.4, 0.5) is 0 Å². The van der Waals surface area contributed by atoms with Gasteiger partial charge in [-0.1, -0.05) is 60.7 Å². The molecule has 1 heterocycles. The third-order valence-corrected chi connectivity index (χ3v) is 3.80. The highest BCUT2D eigenvalue weighted by atomic mass is 16.2. The summed E-state index contributed by atoms with van der Waals surface area (Å²) in [7, 11) is 0. The van der Waals surface area contributed by atoms with Crippen LogP contribution in [-0.4, -0.2) is 21.8 Å². The van der Waals surface area contributed by atoms with Crippen LogP contribution in [0.5, 0.6) is 0 Å². The smallest absolute Gasteiger partial charge is 0.272 e. The van der Waals surface area contributed by atoms with Gasteiger partial charge in [0.1, 0.15) is 5.69 Å². The van der Waals surface area contributed by atoms with Crippen molar-refractivity contribution in [3.63, 3.8) is 0 Å². The van der Waals surface area contributed by atoms with Crippen LogP contribution in [0.25, 0.3) is 11.3 Å². The molecule has 5 heteroatoms. The quantitative estimate of drug-likeness (QED) is 0.570. The van der Waals surface area contributed by atoms with Crippen LogP contribution in [0.3, 0.4) is 0 Å². The van der Waals surface area contributed by atoms with Crippen molar-refractivity contribution in [3.8, 4) is 11.3 Å². The van der Waals surface area contributed by atoms with Gasteiger partial charge in [0, 0.05) is 11.1 Å². The molecule has 0 bridgehead atoms. The maximum absolute atomic E-state index is 12.4. The number of aromatic nitrogens is 2. The number of benzene rings is 2. The molecule has 2 aromatic carbocycles. The molecule has 24 heavy (non-hydrogen) atoms. The molecular formula is C19H18N4O. The molecule has 1 amide bonds. The van der Waals surface area contributed by atoms with Crippen LogP contribution in [0.2, 0.25) is 0 Å². The molecule has 0 aliphatic heterocycles. The normalized spacial score (nSPS) is 11.3. The third kappa shape index (κ3) is 3.25. The molecule has 0 aliphatic carbocycles. The SMILES string of the molecule is C/C(=N\NC(=O)c1[nH]nc(-c2ccccc2)c1C)c1ccccc1. The van der Waals surface area contributed by atoms with E-state index < -0.39 is 0 Å². The number of nitrogens with one attached hydrogen (secondary N) is 2. The topological polar surface area (TPSA) is 70.1 Å². The fourth-order valence-electron chi connectivity index (χ4n) is 2.43. The third-order valence-electron chi connectivity index (χ3n) is 3.80. The molecule has 3 aromatic rings. The van der Waals surface area contributed by atoms with E-state index in [9.17, 15) is 4.79 Å². The standard InChI is InChI=1S/C19H18N4O/c1-13-17(16-11-7-4-8-12-16)21-22-18(13)19(24)23-20-14(2)15-9-5-3-6-10-15/h3-12H,1-2H3,(H,21,22)(H,23,24)/b20-14+. The van der Waals surface area contributed by atoms with E-state index in [0.29, 0.717) is 5.69 Å². The molecule has 0 unspecified atom stereocenters. The Morgan fingerprint density at radius 3 is 2.33 bits per heavy atom. The lowest BCUT2D eigenvalue weighted by Gasteiger charge is -2.03. The maximum Gasteiger partial charge on any atom is 0.289 e. The van der Waals surface area contributed by atoms with Crippen LogP contribution in [-0.2, 0) is 0 Å². The van der Waals surface area contributed by atoms with Crippen LogP contribution >= 0.6 is 0 Å². The van der Waals surface area contributed by atoms with Gasteiger partial charge in [0.25, 0.3) is 5.91 Å². The molecule has 0 saturated heterocycles. The molecule has 0 saturated carbocycles. The first-order valence-corrected chi connectivity index (χ1v) is 7.67. The highest BCUT2D eigenvalue weighted by Gasteiger charge is 2.16. The van der Waals surface area contributed by atoms with E-state index in [1.165, 1.54) is 0 Å². The van der Waals surface area contributed by atoms with Crippen LogP contribution < -0.4 is 5.43 Å². The number of H-pyrrole nitrogens is 1. The summed E-state index contributed by atoms with van der Waals surface area (Å²) in [5, 5.41) is 11.2. The molecule has 2 N–H and O–H groups in total. The van der Waals surface area contributed by atoms with Crippen molar-refractivity contribution in [1.82, 2.24) is 15.6 Å². The highest BCUT2D eigenvalue weighted by Crippen LogP contribution is 2.22. The van der Waals surface area contributed by atoms with E-state index in [4.69, 9.17) is 0 Å². The predicted molar refractivity (Wildman–Crippen MR) is 94.9 cm³/mol. The molecule has 0 radical (unpaired) electrons. The van der Waals surface area contributed by atoms with Gasteiger partial charge in [0.05, 0.1) is 11.4 Å². The lowest BCUT2D eigenvalue weighted by molar-refractivity contribution is 0.0949. The molecule has 3 rings (SSSR count). The Bertz CT molecular complexity index is 867. The Hall–Kier alpha value is -3.21. The lowest BCUT2D eigenvalue weighted by Crippen LogP contribution is -2.20. The number of amides is 1. The van der Waals surface area contributed by atoms with E-state index in [1.807, 2.05) is 74.5 Å². The van der Waals surface area contributed by atoms with E-state index in [1.54, 1.807) is 0 Å². The van der Waals surface area contributed by atoms with Gasteiger partial charge in [-0.25, -0.2) is 5.43 Å². The first-order chi connectivity index (χ1) is 11.7. The Labute approximate surface area is 140 Å². The lowest BCUT2D eigenvalue weighted by atomic mass is 10.1. The van der Waals surface area contributed by atoms with Gasteiger partial charge in [-0.15, -0.1) is 0 Å². The molecule has 0 aliphatic rings. The number of hydrogen-bond donors (Lipinski definition) is 2. The Morgan fingerprint density at radius 1 is 1.04 bits per heavy atom. The average Bonchev–Trinajstić information content (AvgIpc) is 3.02. The summed E-state index contributed by atoms with van der Waals surface area (Å²) in [6.45, 7) is 3.72. The van der Waals surface area contributed by atoms with Gasteiger partial charge in [-0.05, 0) is 19.4 Å². The van der Waals surface area contributed by atoms with Gasteiger partial charge in [-0.3, -0.25) is 9.89 Å². The maximum atomic E-state index is 12.4. The van der Waals surface area contributed by atoms with Gasteiger partial charge in [0.2, 0.25) is 0 Å². The zero-order valence-electron chi connectivity index (χ0n) is 13.6. The summed E-state index contributed by atoms with van der Waals surface area (Å²) >= 11 is 0. The summed E-state index contributed by atoms with van der Waals surface area (Å²) in [6, 6.07) is 19.4. The minimum absolute atomic E-state index is 0.308. The molecular weight excluding hydrogens is 300 g/mol. The minimum atomic E-state index is -0.308. The van der Waals surface area contributed by atoms with Crippen LogP contribution in [0.15, 0.2) is 65.8 Å². The number of rotatable bonds is 4. The van der Waals surface area contributed by atoms with E-state index in [0.717, 1.165) is 28.1 Å². The van der Waals surface area contributed by atoms with Crippen molar-refractivity contribution in [1.29, 1.82) is 0 Å². The van der Waals surface area contributed by atoms with Gasteiger partial charge < -0.3 is 0 Å². The number of aromatic amines is 1. The summed E-state index contributed by atoms with van der Waals surface area (Å²) in [6.07, 6.45) is 0. The van der Waals surface area contributed by atoms with E-state index in [-0.39, 0.29) is 5.91 Å². The van der Waals surface area contributed by atoms with Gasteiger partial charge in [-0.2, -0.15) is 10.2 Å². The second-order valence-electron chi connectivity index (χ2n) is 5.44. The number of carbonyl (C=O) groups is 1. The van der Waals surface area contributed by atoms with E-state index >= 15 is 0 Å². The summed E-state index contributed by atoms with van der Waals surface area (Å²) in [5.74, 6) is -0.308. The van der Waals surface area contributed by atoms with Crippen molar-refractivity contribution >= 4 is 11.6 Å². The zero-order valence-corrected chi connectivity index (χ0v) is 13.6. The molecule has 120 valence electrons. The molecule has 0 spiro atoms.